The summed E-state index contributed by atoms with van der Waals surface area (Å²) in [6, 6.07) is 7.97. The van der Waals surface area contributed by atoms with Crippen molar-refractivity contribution < 1.29 is 17.9 Å². The lowest BCUT2D eigenvalue weighted by atomic mass is 10.2. The number of para-hydroxylation sites is 1. The number of morpholine rings is 1. The minimum Gasteiger partial charge on any atom is -0.379 e. The van der Waals surface area contributed by atoms with Crippen molar-refractivity contribution in [1.82, 2.24) is 10.2 Å². The largest absolute Gasteiger partial charge is 0.379 e. The summed E-state index contributed by atoms with van der Waals surface area (Å²) in [7, 11) is -3.57. The zero-order valence-corrected chi connectivity index (χ0v) is 15.7. The fourth-order valence-corrected chi connectivity index (χ4v) is 4.13. The number of benzene rings is 1. The molecule has 1 heterocycles. The van der Waals surface area contributed by atoms with Crippen LogP contribution in [0.3, 0.4) is 0 Å². The standard InChI is InChI=1S/C17H27N3O4S/c1-3-16(17(21)18-9-10-19-11-13-24-14-12-19)20(25(2,22)23)15-7-5-4-6-8-15/h4-8,16H,3,9-14H2,1-2H3,(H,18,21)/t16-/m1/s1. The number of ether oxygens (including phenoxy) is 1. The molecule has 0 spiro atoms. The van der Waals surface area contributed by atoms with Gasteiger partial charge in [-0.1, -0.05) is 25.1 Å². The van der Waals surface area contributed by atoms with E-state index in [4.69, 9.17) is 4.74 Å². The molecule has 1 fully saturated rings. The van der Waals surface area contributed by atoms with Crippen LogP contribution in [0.15, 0.2) is 30.3 Å². The zero-order valence-electron chi connectivity index (χ0n) is 14.8. The molecule has 0 saturated carbocycles. The maximum absolute atomic E-state index is 12.6. The number of rotatable bonds is 8. The quantitative estimate of drug-likeness (QED) is 0.729. The van der Waals surface area contributed by atoms with Crippen LogP contribution in [0.25, 0.3) is 0 Å². The fourth-order valence-electron chi connectivity index (χ4n) is 2.91. The summed E-state index contributed by atoms with van der Waals surface area (Å²) in [5.74, 6) is -0.273. The van der Waals surface area contributed by atoms with Gasteiger partial charge in [0.05, 0.1) is 25.2 Å². The normalized spacial score (nSPS) is 17.0. The van der Waals surface area contributed by atoms with E-state index < -0.39 is 16.1 Å². The molecule has 0 bridgehead atoms. The molecule has 1 amide bonds. The number of anilines is 1. The summed E-state index contributed by atoms with van der Waals surface area (Å²) in [5.41, 5.74) is 0.500. The average Bonchev–Trinajstić information content (AvgIpc) is 2.60. The lowest BCUT2D eigenvalue weighted by Crippen LogP contribution is -2.50. The minimum atomic E-state index is -3.57. The summed E-state index contributed by atoms with van der Waals surface area (Å²) >= 11 is 0. The first-order valence-electron chi connectivity index (χ1n) is 8.55. The topological polar surface area (TPSA) is 79.0 Å². The Morgan fingerprint density at radius 1 is 1.28 bits per heavy atom. The number of sulfonamides is 1. The summed E-state index contributed by atoms with van der Waals surface area (Å²) in [6.45, 7) is 6.16. The molecule has 1 N–H and O–H groups in total. The van der Waals surface area contributed by atoms with Crippen molar-refractivity contribution in [2.24, 2.45) is 0 Å². The molecule has 1 saturated heterocycles. The molecule has 2 rings (SSSR count). The predicted molar refractivity (Wildman–Crippen MR) is 98.1 cm³/mol. The number of nitrogens with one attached hydrogen (secondary N) is 1. The van der Waals surface area contributed by atoms with Gasteiger partial charge in [-0.3, -0.25) is 14.0 Å². The second kappa shape index (κ2) is 9.17. The Hall–Kier alpha value is -1.64. The summed E-state index contributed by atoms with van der Waals surface area (Å²) < 4.78 is 31.1. The van der Waals surface area contributed by atoms with Gasteiger partial charge in [0.25, 0.3) is 0 Å². The van der Waals surface area contributed by atoms with E-state index in [0.29, 0.717) is 31.9 Å². The maximum atomic E-state index is 12.6. The Labute approximate surface area is 150 Å². The van der Waals surface area contributed by atoms with Gasteiger partial charge in [-0.2, -0.15) is 0 Å². The lowest BCUT2D eigenvalue weighted by molar-refractivity contribution is -0.122. The van der Waals surface area contributed by atoms with Gasteiger partial charge >= 0.3 is 0 Å². The maximum Gasteiger partial charge on any atom is 0.243 e. The molecular weight excluding hydrogens is 342 g/mol. The van der Waals surface area contributed by atoms with Gasteiger partial charge in [0.2, 0.25) is 15.9 Å². The third-order valence-electron chi connectivity index (χ3n) is 4.17. The zero-order chi connectivity index (χ0) is 18.3. The van der Waals surface area contributed by atoms with E-state index in [1.807, 2.05) is 13.0 Å². The van der Waals surface area contributed by atoms with Gasteiger partial charge in [0.1, 0.15) is 6.04 Å². The number of hydrogen-bond donors (Lipinski definition) is 1. The van der Waals surface area contributed by atoms with Gasteiger partial charge in [-0.25, -0.2) is 8.42 Å². The molecule has 0 aromatic heterocycles. The summed E-state index contributed by atoms with van der Waals surface area (Å²) in [5, 5.41) is 2.88. The Bertz CT molecular complexity index is 645. The molecule has 1 atom stereocenters. The van der Waals surface area contributed by atoms with Gasteiger partial charge < -0.3 is 10.1 Å². The van der Waals surface area contributed by atoms with E-state index in [1.165, 1.54) is 4.31 Å². The highest BCUT2D eigenvalue weighted by molar-refractivity contribution is 7.92. The second-order valence-corrected chi connectivity index (χ2v) is 7.92. The lowest BCUT2D eigenvalue weighted by Gasteiger charge is -2.31. The molecule has 1 aromatic carbocycles. The molecular formula is C17H27N3O4S. The number of hydrogen-bond acceptors (Lipinski definition) is 5. The molecule has 25 heavy (non-hydrogen) atoms. The van der Waals surface area contributed by atoms with Crippen LogP contribution in [0.5, 0.6) is 0 Å². The van der Waals surface area contributed by atoms with Crippen LogP contribution < -0.4 is 9.62 Å². The van der Waals surface area contributed by atoms with Gasteiger partial charge in [-0.15, -0.1) is 0 Å². The first kappa shape index (κ1) is 19.7. The second-order valence-electron chi connectivity index (χ2n) is 6.06. The number of carbonyl (C=O) groups excluding carboxylic acids is 1. The third kappa shape index (κ3) is 5.69. The average molecular weight is 369 g/mol. The fraction of sp³-hybridized carbons (Fsp3) is 0.588. The van der Waals surface area contributed by atoms with Crippen molar-refractivity contribution in [3.05, 3.63) is 30.3 Å². The van der Waals surface area contributed by atoms with Crippen LogP contribution >= 0.6 is 0 Å². The number of nitrogens with zero attached hydrogens (tertiary/aromatic N) is 2. The summed E-state index contributed by atoms with van der Waals surface area (Å²) in [4.78, 5) is 14.8. The van der Waals surface area contributed by atoms with E-state index >= 15 is 0 Å². The van der Waals surface area contributed by atoms with Crippen LogP contribution in [-0.2, 0) is 19.6 Å². The monoisotopic (exact) mass is 369 g/mol. The van der Waals surface area contributed by atoms with Crippen molar-refractivity contribution in [3.8, 4) is 0 Å². The molecule has 7 nitrogen and oxygen atoms in total. The molecule has 0 unspecified atom stereocenters. The van der Waals surface area contributed by atoms with Crippen LogP contribution in [0, 0.1) is 0 Å². The van der Waals surface area contributed by atoms with Gasteiger partial charge in [0, 0.05) is 26.2 Å². The van der Waals surface area contributed by atoms with E-state index in [0.717, 1.165) is 25.9 Å². The van der Waals surface area contributed by atoms with Crippen LogP contribution in [-0.4, -0.2) is 70.9 Å². The van der Waals surface area contributed by atoms with E-state index in [1.54, 1.807) is 24.3 Å². The molecule has 1 aliphatic heterocycles. The van der Waals surface area contributed by atoms with Gasteiger partial charge in [-0.05, 0) is 18.6 Å². The van der Waals surface area contributed by atoms with Crippen LogP contribution in [0.2, 0.25) is 0 Å². The number of amides is 1. The first-order chi connectivity index (χ1) is 11.9. The highest BCUT2D eigenvalue weighted by Crippen LogP contribution is 2.21. The molecule has 0 radical (unpaired) electrons. The highest BCUT2D eigenvalue weighted by Gasteiger charge is 2.31. The van der Waals surface area contributed by atoms with Crippen molar-refractivity contribution in [2.75, 3.05) is 50.0 Å². The molecule has 0 aliphatic carbocycles. The van der Waals surface area contributed by atoms with Crippen molar-refractivity contribution in [2.45, 2.75) is 19.4 Å². The Balaban J connectivity index is 2.02. The van der Waals surface area contributed by atoms with Gasteiger partial charge in [0.15, 0.2) is 0 Å². The predicted octanol–water partition coefficient (Wildman–Crippen LogP) is 0.680. The molecule has 140 valence electrons. The van der Waals surface area contributed by atoms with E-state index in [2.05, 4.69) is 10.2 Å². The third-order valence-corrected chi connectivity index (χ3v) is 5.35. The van der Waals surface area contributed by atoms with Crippen LogP contribution in [0.4, 0.5) is 5.69 Å². The van der Waals surface area contributed by atoms with E-state index in [9.17, 15) is 13.2 Å². The molecule has 1 aliphatic rings. The smallest absolute Gasteiger partial charge is 0.243 e. The Morgan fingerprint density at radius 3 is 2.48 bits per heavy atom. The number of carbonyl (C=O) groups is 1. The SMILES string of the molecule is CC[C@H](C(=O)NCCN1CCOCC1)N(c1ccccc1)S(C)(=O)=O. The minimum absolute atomic E-state index is 0.273. The van der Waals surface area contributed by atoms with Crippen LogP contribution in [0.1, 0.15) is 13.3 Å². The van der Waals surface area contributed by atoms with E-state index in [-0.39, 0.29) is 5.91 Å². The van der Waals surface area contributed by atoms with Crippen molar-refractivity contribution >= 4 is 21.6 Å². The first-order valence-corrected chi connectivity index (χ1v) is 10.4. The molecule has 1 aromatic rings. The Kier molecular flexibility index (Phi) is 7.22. The highest BCUT2D eigenvalue weighted by atomic mass is 32.2. The molecule has 8 heteroatoms. The Morgan fingerprint density at radius 2 is 1.92 bits per heavy atom. The van der Waals surface area contributed by atoms with Crippen molar-refractivity contribution in [3.63, 3.8) is 0 Å². The van der Waals surface area contributed by atoms with Crippen molar-refractivity contribution in [1.29, 1.82) is 0 Å². The summed E-state index contributed by atoms with van der Waals surface area (Å²) in [6.07, 6.45) is 1.52.